The molecule has 0 saturated carbocycles. The van der Waals surface area contributed by atoms with Crippen LogP contribution in [0.15, 0.2) is 182 Å². The van der Waals surface area contributed by atoms with E-state index in [2.05, 4.69) is 190 Å². The summed E-state index contributed by atoms with van der Waals surface area (Å²) in [6.45, 7) is 4.74. The van der Waals surface area contributed by atoms with Gasteiger partial charge in [0.15, 0.2) is 0 Å². The van der Waals surface area contributed by atoms with Crippen LogP contribution >= 0.6 is 11.3 Å². The Balaban J connectivity index is 0.872. The second-order valence-corrected chi connectivity index (χ2v) is 17.2. The molecular formula is C55H36N2S. The van der Waals surface area contributed by atoms with Crippen molar-refractivity contribution in [1.82, 2.24) is 9.97 Å². The van der Waals surface area contributed by atoms with Crippen molar-refractivity contribution in [3.63, 3.8) is 0 Å². The second kappa shape index (κ2) is 12.5. The highest BCUT2D eigenvalue weighted by atomic mass is 32.1. The standard InChI is InChI=1S/C55H36N2S/c1-55(2)48-30-36(33-21-23-34(24-22-33)39-18-10-19-47-44-15-7-8-20-51(44)58-54(39)47)25-27-42(48)43-28-26-37(31-49(43)55)35-11-9-12-38(29-35)50-32-56-52-45-16-5-3-13-40(45)41-14-4-6-17-46(41)53(52)57-50/h3-32H,1-2H3. The summed E-state index contributed by atoms with van der Waals surface area (Å²) in [6, 6.07) is 64.4. The molecule has 0 fully saturated rings. The first kappa shape index (κ1) is 33.2. The highest BCUT2D eigenvalue weighted by Crippen LogP contribution is 2.51. The zero-order chi connectivity index (χ0) is 38.5. The number of thiophene rings is 1. The van der Waals surface area contributed by atoms with Crippen LogP contribution in [-0.4, -0.2) is 9.97 Å². The number of hydrogen-bond acceptors (Lipinski definition) is 3. The van der Waals surface area contributed by atoms with Gasteiger partial charge in [-0.3, -0.25) is 4.98 Å². The molecule has 0 atom stereocenters. The molecule has 0 spiro atoms. The van der Waals surface area contributed by atoms with Crippen molar-refractivity contribution in [1.29, 1.82) is 0 Å². The van der Waals surface area contributed by atoms with Gasteiger partial charge in [-0.15, -0.1) is 11.3 Å². The van der Waals surface area contributed by atoms with Crippen LogP contribution in [0.1, 0.15) is 25.0 Å². The number of fused-ring (bicyclic) bond motifs is 12. The quantitative estimate of drug-likeness (QED) is 0.167. The van der Waals surface area contributed by atoms with E-state index < -0.39 is 0 Å². The van der Waals surface area contributed by atoms with Gasteiger partial charge in [0.05, 0.1) is 22.9 Å². The summed E-state index contributed by atoms with van der Waals surface area (Å²) in [7, 11) is 0. The Hall–Kier alpha value is -6.94. The number of hydrogen-bond donors (Lipinski definition) is 0. The predicted molar refractivity (Wildman–Crippen MR) is 247 cm³/mol. The van der Waals surface area contributed by atoms with Crippen LogP contribution in [0.4, 0.5) is 0 Å². The summed E-state index contributed by atoms with van der Waals surface area (Å²) in [4.78, 5) is 10.3. The van der Waals surface area contributed by atoms with Gasteiger partial charge in [0.2, 0.25) is 0 Å². The zero-order valence-electron chi connectivity index (χ0n) is 32.1. The highest BCUT2D eigenvalue weighted by molar-refractivity contribution is 7.26. The highest BCUT2D eigenvalue weighted by Gasteiger charge is 2.36. The molecule has 272 valence electrons. The van der Waals surface area contributed by atoms with Crippen LogP contribution in [0.2, 0.25) is 0 Å². The minimum atomic E-state index is -0.154. The number of nitrogens with zero attached hydrogens (tertiary/aromatic N) is 2. The van der Waals surface area contributed by atoms with E-state index in [0.717, 1.165) is 33.1 Å². The van der Waals surface area contributed by atoms with Gasteiger partial charge in [0.25, 0.3) is 0 Å². The molecule has 0 N–H and O–H groups in total. The lowest BCUT2D eigenvalue weighted by Crippen LogP contribution is -2.15. The van der Waals surface area contributed by atoms with E-state index in [-0.39, 0.29) is 5.41 Å². The summed E-state index contributed by atoms with van der Waals surface area (Å²) in [6.07, 6.45) is 1.93. The Morgan fingerprint density at radius 1 is 0.397 bits per heavy atom. The molecule has 12 rings (SSSR count). The smallest absolute Gasteiger partial charge is 0.0979 e. The first-order chi connectivity index (χ1) is 28.5. The lowest BCUT2D eigenvalue weighted by atomic mass is 9.80. The molecule has 2 nitrogen and oxygen atoms in total. The summed E-state index contributed by atoms with van der Waals surface area (Å²) >= 11 is 1.89. The monoisotopic (exact) mass is 756 g/mol. The molecule has 0 unspecified atom stereocenters. The lowest BCUT2D eigenvalue weighted by Gasteiger charge is -2.22. The molecule has 0 aliphatic heterocycles. The van der Waals surface area contributed by atoms with Gasteiger partial charge in [-0.05, 0) is 90.7 Å². The summed E-state index contributed by atoms with van der Waals surface area (Å²) in [5.41, 5.74) is 16.4. The van der Waals surface area contributed by atoms with Crippen LogP contribution in [0.5, 0.6) is 0 Å². The fraction of sp³-hybridized carbons (Fsp3) is 0.0545. The van der Waals surface area contributed by atoms with Gasteiger partial charge in [-0.2, -0.15) is 0 Å². The van der Waals surface area contributed by atoms with Crippen molar-refractivity contribution in [2.75, 3.05) is 0 Å². The van der Waals surface area contributed by atoms with Gasteiger partial charge < -0.3 is 0 Å². The van der Waals surface area contributed by atoms with E-state index in [9.17, 15) is 0 Å². The maximum atomic E-state index is 5.28. The Labute approximate surface area is 340 Å². The van der Waals surface area contributed by atoms with E-state index in [1.165, 1.54) is 86.6 Å². The summed E-state index contributed by atoms with van der Waals surface area (Å²) in [5, 5.41) is 7.34. The minimum Gasteiger partial charge on any atom is -0.252 e. The van der Waals surface area contributed by atoms with E-state index in [1.807, 2.05) is 17.5 Å². The molecule has 0 saturated heterocycles. The fourth-order valence-electron chi connectivity index (χ4n) is 9.53. The van der Waals surface area contributed by atoms with Crippen molar-refractivity contribution in [3.8, 4) is 55.8 Å². The number of benzene rings is 9. The van der Waals surface area contributed by atoms with E-state index in [0.29, 0.717) is 0 Å². The molecule has 1 aliphatic rings. The van der Waals surface area contributed by atoms with Crippen LogP contribution in [0.3, 0.4) is 0 Å². The maximum Gasteiger partial charge on any atom is 0.0979 e. The zero-order valence-corrected chi connectivity index (χ0v) is 32.9. The minimum absolute atomic E-state index is 0.154. The van der Waals surface area contributed by atoms with Crippen LogP contribution in [-0.2, 0) is 5.41 Å². The lowest BCUT2D eigenvalue weighted by molar-refractivity contribution is 0.661. The van der Waals surface area contributed by atoms with Gasteiger partial charge in [-0.1, -0.05) is 166 Å². The van der Waals surface area contributed by atoms with Crippen molar-refractivity contribution < 1.29 is 0 Å². The van der Waals surface area contributed by atoms with Crippen molar-refractivity contribution >= 4 is 64.1 Å². The predicted octanol–water partition coefficient (Wildman–Crippen LogP) is 15.3. The fourth-order valence-corrected chi connectivity index (χ4v) is 10.8. The van der Waals surface area contributed by atoms with E-state index in [4.69, 9.17) is 9.97 Å². The average Bonchev–Trinajstić information content (AvgIpc) is 3.78. The number of rotatable bonds is 4. The van der Waals surface area contributed by atoms with Crippen molar-refractivity contribution in [2.45, 2.75) is 19.3 Å². The molecule has 9 aromatic carbocycles. The van der Waals surface area contributed by atoms with Crippen molar-refractivity contribution in [3.05, 3.63) is 193 Å². The van der Waals surface area contributed by atoms with Gasteiger partial charge in [-0.25, -0.2) is 4.98 Å². The maximum absolute atomic E-state index is 5.28. The summed E-state index contributed by atoms with van der Waals surface area (Å²) < 4.78 is 2.69. The molecule has 0 bridgehead atoms. The third-order valence-corrected chi connectivity index (χ3v) is 13.7. The molecule has 1 aliphatic carbocycles. The van der Waals surface area contributed by atoms with E-state index in [1.54, 1.807) is 0 Å². The Morgan fingerprint density at radius 3 is 1.66 bits per heavy atom. The third-order valence-electron chi connectivity index (χ3n) is 12.5. The Morgan fingerprint density at radius 2 is 0.931 bits per heavy atom. The molecule has 2 aromatic heterocycles. The van der Waals surface area contributed by atoms with Crippen LogP contribution in [0.25, 0.3) is 109 Å². The van der Waals surface area contributed by atoms with Gasteiger partial charge in [0, 0.05) is 41.9 Å². The Bertz CT molecular complexity index is 3450. The first-order valence-corrected chi connectivity index (χ1v) is 20.8. The average molecular weight is 757 g/mol. The second-order valence-electron chi connectivity index (χ2n) is 16.1. The SMILES string of the molecule is CC1(C)c2cc(-c3ccc(-c4cccc5c4sc4ccccc45)cc3)ccc2-c2ccc(-c3cccc(-c4cnc5c6ccccc6c6ccccc6c5n4)c3)cc21. The largest absolute Gasteiger partial charge is 0.252 e. The van der Waals surface area contributed by atoms with Gasteiger partial charge >= 0.3 is 0 Å². The molecule has 3 heteroatoms. The first-order valence-electron chi connectivity index (χ1n) is 20.0. The topological polar surface area (TPSA) is 25.8 Å². The molecule has 11 aromatic rings. The summed E-state index contributed by atoms with van der Waals surface area (Å²) in [5.74, 6) is 0. The molecule has 0 radical (unpaired) electrons. The normalized spacial score (nSPS) is 13.1. The molecule has 58 heavy (non-hydrogen) atoms. The van der Waals surface area contributed by atoms with Crippen LogP contribution in [0, 0.1) is 0 Å². The molecule has 2 heterocycles. The van der Waals surface area contributed by atoms with Gasteiger partial charge in [0.1, 0.15) is 0 Å². The molecule has 0 amide bonds. The van der Waals surface area contributed by atoms with E-state index >= 15 is 0 Å². The molecular weight excluding hydrogens is 721 g/mol. The third kappa shape index (κ3) is 4.97. The van der Waals surface area contributed by atoms with Crippen molar-refractivity contribution in [2.24, 2.45) is 0 Å². The number of aromatic nitrogens is 2. The van der Waals surface area contributed by atoms with Crippen LogP contribution < -0.4 is 0 Å². The Kier molecular flexibility index (Phi) is 7.18.